The number of aromatic nitrogens is 1. The molecule has 0 N–H and O–H groups in total. The van der Waals surface area contributed by atoms with Crippen LogP contribution >= 0.6 is 0 Å². The highest BCUT2D eigenvalue weighted by Crippen LogP contribution is 2.26. The van der Waals surface area contributed by atoms with Gasteiger partial charge in [0.25, 0.3) is 0 Å². The third-order valence-electron chi connectivity index (χ3n) is 2.55. The molecule has 2 rings (SSSR count). The van der Waals surface area contributed by atoms with Gasteiger partial charge in [0.15, 0.2) is 0 Å². The lowest BCUT2D eigenvalue weighted by Gasteiger charge is -2.20. The largest absolute Gasteiger partial charge is 0.291 e. The molecule has 76 valence electrons. The Labute approximate surface area is 84.7 Å². The standard InChI is InChI=1S/C11H16N2O/c1-13-8-3-2-6-11(14-13)10-5-4-7-12-9-10/h4-5,7,9,11H,2-3,6,8H2,1H3. The Balaban J connectivity index is 2.09. The van der Waals surface area contributed by atoms with Crippen molar-refractivity contribution in [3.05, 3.63) is 30.1 Å². The van der Waals surface area contributed by atoms with Crippen molar-refractivity contribution in [2.45, 2.75) is 25.4 Å². The minimum absolute atomic E-state index is 0.191. The molecule has 1 unspecified atom stereocenters. The summed E-state index contributed by atoms with van der Waals surface area (Å²) in [5, 5.41) is 1.94. The predicted molar refractivity (Wildman–Crippen MR) is 54.5 cm³/mol. The molecule has 1 fully saturated rings. The van der Waals surface area contributed by atoms with E-state index in [1.807, 2.05) is 24.4 Å². The van der Waals surface area contributed by atoms with E-state index in [-0.39, 0.29) is 6.10 Å². The summed E-state index contributed by atoms with van der Waals surface area (Å²) in [6.45, 7) is 1.02. The van der Waals surface area contributed by atoms with E-state index < -0.39 is 0 Å². The third-order valence-corrected chi connectivity index (χ3v) is 2.55. The molecule has 0 aromatic carbocycles. The van der Waals surface area contributed by atoms with Gasteiger partial charge in [0, 0.05) is 31.5 Å². The van der Waals surface area contributed by atoms with Crippen LogP contribution in [0.1, 0.15) is 30.9 Å². The van der Waals surface area contributed by atoms with E-state index in [0.717, 1.165) is 13.0 Å². The van der Waals surface area contributed by atoms with Crippen LogP contribution in [0.4, 0.5) is 0 Å². The van der Waals surface area contributed by atoms with Crippen LogP contribution < -0.4 is 0 Å². The SMILES string of the molecule is CN1CCCCC(c2cccnc2)O1. The first-order valence-electron chi connectivity index (χ1n) is 5.14. The van der Waals surface area contributed by atoms with Gasteiger partial charge in [0.2, 0.25) is 0 Å². The first-order chi connectivity index (χ1) is 6.86. The van der Waals surface area contributed by atoms with E-state index in [9.17, 15) is 0 Å². The summed E-state index contributed by atoms with van der Waals surface area (Å²) in [5.74, 6) is 0. The third kappa shape index (κ3) is 2.30. The Kier molecular flexibility index (Phi) is 3.11. The van der Waals surface area contributed by atoms with E-state index in [4.69, 9.17) is 4.84 Å². The molecule has 0 saturated carbocycles. The molecule has 1 atom stereocenters. The zero-order valence-electron chi connectivity index (χ0n) is 8.52. The Hall–Kier alpha value is -0.930. The van der Waals surface area contributed by atoms with Gasteiger partial charge < -0.3 is 0 Å². The van der Waals surface area contributed by atoms with Crippen molar-refractivity contribution in [1.29, 1.82) is 0 Å². The van der Waals surface area contributed by atoms with Gasteiger partial charge in [-0.2, -0.15) is 5.06 Å². The Morgan fingerprint density at radius 3 is 3.21 bits per heavy atom. The Morgan fingerprint density at radius 2 is 2.43 bits per heavy atom. The quantitative estimate of drug-likeness (QED) is 0.682. The average molecular weight is 192 g/mol. The van der Waals surface area contributed by atoms with Gasteiger partial charge in [0.1, 0.15) is 6.10 Å². The molecule has 1 aliphatic heterocycles. The van der Waals surface area contributed by atoms with Crippen molar-refractivity contribution >= 4 is 0 Å². The topological polar surface area (TPSA) is 25.4 Å². The van der Waals surface area contributed by atoms with Crippen LogP contribution in [0.5, 0.6) is 0 Å². The zero-order valence-corrected chi connectivity index (χ0v) is 8.52. The fourth-order valence-corrected chi connectivity index (χ4v) is 1.78. The predicted octanol–water partition coefficient (Wildman–Crippen LogP) is 2.17. The molecule has 0 bridgehead atoms. The molecule has 1 aromatic rings. The van der Waals surface area contributed by atoms with Gasteiger partial charge in [-0.15, -0.1) is 0 Å². The molecule has 14 heavy (non-hydrogen) atoms. The molecular formula is C11H16N2O. The maximum absolute atomic E-state index is 5.79. The van der Waals surface area contributed by atoms with Gasteiger partial charge in [-0.05, 0) is 25.3 Å². The lowest BCUT2D eigenvalue weighted by molar-refractivity contribution is -0.176. The first-order valence-corrected chi connectivity index (χ1v) is 5.14. The van der Waals surface area contributed by atoms with Crippen LogP contribution in [0.15, 0.2) is 24.5 Å². The van der Waals surface area contributed by atoms with Crippen molar-refractivity contribution in [2.24, 2.45) is 0 Å². The number of hydroxylamine groups is 2. The fourth-order valence-electron chi connectivity index (χ4n) is 1.78. The monoisotopic (exact) mass is 192 g/mol. The molecular weight excluding hydrogens is 176 g/mol. The van der Waals surface area contributed by atoms with E-state index in [1.54, 1.807) is 6.20 Å². The van der Waals surface area contributed by atoms with Crippen LogP contribution in [0.2, 0.25) is 0 Å². The molecule has 0 amide bonds. The van der Waals surface area contributed by atoms with Gasteiger partial charge in [0.05, 0.1) is 0 Å². The summed E-state index contributed by atoms with van der Waals surface area (Å²) in [6.07, 6.45) is 7.41. The average Bonchev–Trinajstić information content (AvgIpc) is 2.44. The van der Waals surface area contributed by atoms with E-state index in [2.05, 4.69) is 11.1 Å². The van der Waals surface area contributed by atoms with Gasteiger partial charge >= 0.3 is 0 Å². The number of pyridine rings is 1. The van der Waals surface area contributed by atoms with Crippen LogP contribution in [-0.4, -0.2) is 23.6 Å². The maximum atomic E-state index is 5.79. The Bertz CT molecular complexity index is 276. The summed E-state index contributed by atoms with van der Waals surface area (Å²) >= 11 is 0. The number of nitrogens with zero attached hydrogens (tertiary/aromatic N) is 2. The molecule has 3 nitrogen and oxygen atoms in total. The molecule has 0 aliphatic carbocycles. The zero-order chi connectivity index (χ0) is 9.80. The maximum Gasteiger partial charge on any atom is 0.106 e. The van der Waals surface area contributed by atoms with Crippen molar-refractivity contribution in [3.8, 4) is 0 Å². The van der Waals surface area contributed by atoms with Crippen molar-refractivity contribution < 1.29 is 4.84 Å². The second-order valence-electron chi connectivity index (χ2n) is 3.73. The molecule has 3 heteroatoms. The number of hydrogen-bond donors (Lipinski definition) is 0. The second-order valence-corrected chi connectivity index (χ2v) is 3.73. The van der Waals surface area contributed by atoms with Crippen molar-refractivity contribution in [3.63, 3.8) is 0 Å². The minimum atomic E-state index is 0.191. The summed E-state index contributed by atoms with van der Waals surface area (Å²) in [7, 11) is 1.99. The summed E-state index contributed by atoms with van der Waals surface area (Å²) in [6, 6.07) is 4.04. The van der Waals surface area contributed by atoms with E-state index in [0.29, 0.717) is 0 Å². The highest BCUT2D eigenvalue weighted by molar-refractivity contribution is 5.12. The molecule has 0 spiro atoms. The van der Waals surface area contributed by atoms with Gasteiger partial charge in [-0.1, -0.05) is 6.07 Å². The smallest absolute Gasteiger partial charge is 0.106 e. The van der Waals surface area contributed by atoms with Gasteiger partial charge in [-0.25, -0.2) is 0 Å². The lowest BCUT2D eigenvalue weighted by Crippen LogP contribution is -2.20. The summed E-state index contributed by atoms with van der Waals surface area (Å²) in [4.78, 5) is 9.91. The summed E-state index contributed by atoms with van der Waals surface area (Å²) < 4.78 is 0. The van der Waals surface area contributed by atoms with Crippen LogP contribution in [0, 0.1) is 0 Å². The van der Waals surface area contributed by atoms with Crippen LogP contribution in [0.25, 0.3) is 0 Å². The number of rotatable bonds is 1. The highest BCUT2D eigenvalue weighted by Gasteiger charge is 2.17. The molecule has 1 saturated heterocycles. The molecule has 1 aliphatic rings. The summed E-state index contributed by atoms with van der Waals surface area (Å²) in [5.41, 5.74) is 1.18. The van der Waals surface area contributed by atoms with E-state index >= 15 is 0 Å². The van der Waals surface area contributed by atoms with Crippen molar-refractivity contribution in [1.82, 2.24) is 10.0 Å². The van der Waals surface area contributed by atoms with Crippen molar-refractivity contribution in [2.75, 3.05) is 13.6 Å². The Morgan fingerprint density at radius 1 is 1.50 bits per heavy atom. The van der Waals surface area contributed by atoms with Gasteiger partial charge in [-0.3, -0.25) is 9.82 Å². The van der Waals surface area contributed by atoms with Crippen LogP contribution in [-0.2, 0) is 4.84 Å². The second kappa shape index (κ2) is 4.53. The van der Waals surface area contributed by atoms with Crippen LogP contribution in [0.3, 0.4) is 0 Å². The minimum Gasteiger partial charge on any atom is -0.291 e. The lowest BCUT2D eigenvalue weighted by atomic mass is 10.1. The molecule has 0 radical (unpaired) electrons. The molecule has 1 aromatic heterocycles. The first kappa shape index (κ1) is 9.62. The fraction of sp³-hybridized carbons (Fsp3) is 0.545. The highest BCUT2D eigenvalue weighted by atomic mass is 16.7. The normalized spacial score (nSPS) is 24.5. The molecule has 2 heterocycles. The van der Waals surface area contributed by atoms with E-state index in [1.165, 1.54) is 18.4 Å². The number of hydrogen-bond acceptors (Lipinski definition) is 3.